The average molecular weight is 471 g/mol. The number of benzene rings is 2. The molecule has 0 spiro atoms. The van der Waals surface area contributed by atoms with E-state index in [0.717, 1.165) is 11.3 Å². The zero-order valence-electron chi connectivity index (χ0n) is 18.4. The standard InChI is InChI=1S/C24H24ClFN4O3/c1-3-33-24(32)23-21(15-22(31)30(27-23)17-6-4-16(2)5-7-17)29-12-10-28(11-13-29)18-8-9-20(26)19(25)14-18/h4-9,14-15H,3,10-13H2,1-2H3. The molecule has 1 aliphatic rings. The first-order valence-corrected chi connectivity index (χ1v) is 11.1. The molecular weight excluding hydrogens is 447 g/mol. The lowest BCUT2D eigenvalue weighted by atomic mass is 10.2. The van der Waals surface area contributed by atoms with Crippen LogP contribution in [0, 0.1) is 12.7 Å². The number of hydrogen-bond donors (Lipinski definition) is 0. The van der Waals surface area contributed by atoms with Gasteiger partial charge < -0.3 is 14.5 Å². The lowest BCUT2D eigenvalue weighted by molar-refractivity contribution is 0.0518. The Morgan fingerprint density at radius 2 is 1.67 bits per heavy atom. The van der Waals surface area contributed by atoms with Gasteiger partial charge in [-0.25, -0.2) is 9.18 Å². The first-order chi connectivity index (χ1) is 15.9. The Hall–Kier alpha value is -3.39. The van der Waals surface area contributed by atoms with Crippen LogP contribution in [0.4, 0.5) is 15.8 Å². The highest BCUT2D eigenvalue weighted by Crippen LogP contribution is 2.26. The molecule has 3 aromatic rings. The molecule has 0 bridgehead atoms. The van der Waals surface area contributed by atoms with Crippen molar-refractivity contribution in [1.82, 2.24) is 9.78 Å². The van der Waals surface area contributed by atoms with Crippen molar-refractivity contribution in [3.8, 4) is 5.69 Å². The highest BCUT2D eigenvalue weighted by Gasteiger charge is 2.26. The minimum atomic E-state index is -0.582. The van der Waals surface area contributed by atoms with Crippen molar-refractivity contribution >= 4 is 28.9 Å². The van der Waals surface area contributed by atoms with Gasteiger partial charge in [-0.3, -0.25) is 4.79 Å². The predicted molar refractivity (Wildman–Crippen MR) is 126 cm³/mol. The lowest BCUT2D eigenvalue weighted by Crippen LogP contribution is -2.47. The van der Waals surface area contributed by atoms with Gasteiger partial charge in [0.15, 0.2) is 5.69 Å². The molecule has 1 fully saturated rings. The van der Waals surface area contributed by atoms with Crippen LogP contribution in [0.5, 0.6) is 0 Å². The van der Waals surface area contributed by atoms with Crippen molar-refractivity contribution in [2.45, 2.75) is 13.8 Å². The molecule has 172 valence electrons. The third kappa shape index (κ3) is 4.85. The number of hydrogen-bond acceptors (Lipinski definition) is 6. The molecule has 0 aliphatic carbocycles. The minimum absolute atomic E-state index is 0.0726. The fourth-order valence-corrected chi connectivity index (χ4v) is 3.97. The molecule has 33 heavy (non-hydrogen) atoms. The molecule has 0 unspecified atom stereocenters. The van der Waals surface area contributed by atoms with Gasteiger partial charge in [-0.15, -0.1) is 0 Å². The third-order valence-corrected chi connectivity index (χ3v) is 5.84. The second-order valence-electron chi connectivity index (χ2n) is 7.76. The van der Waals surface area contributed by atoms with Crippen LogP contribution >= 0.6 is 11.6 Å². The van der Waals surface area contributed by atoms with Crippen LogP contribution in [0.15, 0.2) is 53.3 Å². The van der Waals surface area contributed by atoms with Crippen LogP contribution < -0.4 is 15.4 Å². The maximum absolute atomic E-state index is 13.5. The van der Waals surface area contributed by atoms with Gasteiger partial charge in [-0.2, -0.15) is 9.78 Å². The first kappa shape index (κ1) is 22.8. The van der Waals surface area contributed by atoms with E-state index in [1.807, 2.05) is 24.0 Å². The van der Waals surface area contributed by atoms with Crippen LogP contribution in [-0.2, 0) is 4.74 Å². The van der Waals surface area contributed by atoms with Crippen molar-refractivity contribution in [2.75, 3.05) is 42.6 Å². The SMILES string of the molecule is CCOC(=O)c1nn(-c2ccc(C)cc2)c(=O)cc1N1CCN(c2ccc(F)c(Cl)c2)CC1. The Morgan fingerprint density at radius 1 is 1.03 bits per heavy atom. The summed E-state index contributed by atoms with van der Waals surface area (Å²) in [6.45, 7) is 6.15. The molecule has 1 aliphatic heterocycles. The summed E-state index contributed by atoms with van der Waals surface area (Å²) in [5, 5.41) is 4.45. The average Bonchev–Trinajstić information content (AvgIpc) is 2.81. The molecule has 2 heterocycles. The number of aryl methyl sites for hydroxylation is 1. The predicted octanol–water partition coefficient (Wildman–Crippen LogP) is 3.84. The highest BCUT2D eigenvalue weighted by molar-refractivity contribution is 6.31. The van der Waals surface area contributed by atoms with Crippen LogP contribution in [0.3, 0.4) is 0 Å². The van der Waals surface area contributed by atoms with Gasteiger partial charge in [0.1, 0.15) is 5.82 Å². The van der Waals surface area contributed by atoms with Crippen molar-refractivity contribution in [1.29, 1.82) is 0 Å². The Kier molecular flexibility index (Phi) is 6.65. The number of rotatable bonds is 5. The van der Waals surface area contributed by atoms with E-state index in [9.17, 15) is 14.0 Å². The maximum atomic E-state index is 13.5. The number of ether oxygens (including phenoxy) is 1. The topological polar surface area (TPSA) is 67.7 Å². The first-order valence-electron chi connectivity index (χ1n) is 10.7. The fourth-order valence-electron chi connectivity index (χ4n) is 3.79. The Labute approximate surface area is 196 Å². The molecule has 2 aromatic carbocycles. The van der Waals surface area contributed by atoms with Gasteiger partial charge in [0.25, 0.3) is 5.56 Å². The van der Waals surface area contributed by atoms with Gasteiger partial charge >= 0.3 is 5.97 Å². The van der Waals surface area contributed by atoms with E-state index in [1.54, 1.807) is 31.2 Å². The minimum Gasteiger partial charge on any atom is -0.461 e. The second kappa shape index (κ2) is 9.62. The summed E-state index contributed by atoms with van der Waals surface area (Å²) in [5.41, 5.74) is 2.64. The van der Waals surface area contributed by atoms with Gasteiger partial charge in [0.05, 0.1) is 23.0 Å². The molecule has 4 rings (SSSR count). The zero-order chi connectivity index (χ0) is 23.5. The van der Waals surface area contributed by atoms with Crippen LogP contribution in [0.1, 0.15) is 23.0 Å². The van der Waals surface area contributed by atoms with Crippen LogP contribution in [0.25, 0.3) is 5.69 Å². The van der Waals surface area contributed by atoms with E-state index in [1.165, 1.54) is 16.8 Å². The molecular formula is C24H24ClFN4O3. The molecule has 0 saturated carbocycles. The number of esters is 1. The van der Waals surface area contributed by atoms with E-state index in [2.05, 4.69) is 10.00 Å². The molecule has 0 N–H and O–H groups in total. The largest absolute Gasteiger partial charge is 0.461 e. The van der Waals surface area contributed by atoms with Crippen LogP contribution in [-0.4, -0.2) is 48.5 Å². The quantitative estimate of drug-likeness (QED) is 0.528. The molecule has 1 saturated heterocycles. The smallest absolute Gasteiger partial charge is 0.360 e. The molecule has 0 atom stereocenters. The molecule has 0 radical (unpaired) electrons. The molecule has 0 amide bonds. The monoisotopic (exact) mass is 470 g/mol. The second-order valence-corrected chi connectivity index (χ2v) is 8.16. The van der Waals surface area contributed by atoms with E-state index in [4.69, 9.17) is 16.3 Å². The number of piperazine rings is 1. The summed E-state index contributed by atoms with van der Waals surface area (Å²) in [7, 11) is 0. The number of nitrogens with zero attached hydrogens (tertiary/aromatic N) is 4. The Morgan fingerprint density at radius 3 is 2.30 bits per heavy atom. The van der Waals surface area contributed by atoms with Gasteiger partial charge in [0, 0.05) is 37.9 Å². The summed E-state index contributed by atoms with van der Waals surface area (Å²) in [5.74, 6) is -1.04. The number of carbonyl (C=O) groups is 1. The lowest BCUT2D eigenvalue weighted by Gasteiger charge is -2.37. The van der Waals surface area contributed by atoms with Crippen molar-refractivity contribution < 1.29 is 13.9 Å². The summed E-state index contributed by atoms with van der Waals surface area (Å²) in [6.07, 6.45) is 0. The number of anilines is 2. The van der Waals surface area contributed by atoms with E-state index in [0.29, 0.717) is 37.6 Å². The summed E-state index contributed by atoms with van der Waals surface area (Å²) in [4.78, 5) is 29.7. The van der Waals surface area contributed by atoms with E-state index >= 15 is 0 Å². The van der Waals surface area contributed by atoms with Crippen molar-refractivity contribution in [3.63, 3.8) is 0 Å². The zero-order valence-corrected chi connectivity index (χ0v) is 19.2. The Balaban J connectivity index is 1.63. The van der Waals surface area contributed by atoms with E-state index < -0.39 is 11.8 Å². The van der Waals surface area contributed by atoms with Crippen molar-refractivity contribution in [2.24, 2.45) is 0 Å². The number of aromatic nitrogens is 2. The fraction of sp³-hybridized carbons (Fsp3) is 0.292. The van der Waals surface area contributed by atoms with Crippen LogP contribution in [0.2, 0.25) is 5.02 Å². The summed E-state index contributed by atoms with van der Waals surface area (Å²) in [6, 6.07) is 13.4. The highest BCUT2D eigenvalue weighted by atomic mass is 35.5. The molecule has 7 nitrogen and oxygen atoms in total. The Bertz CT molecular complexity index is 1220. The molecule has 9 heteroatoms. The number of carbonyl (C=O) groups excluding carboxylic acids is 1. The van der Waals surface area contributed by atoms with Gasteiger partial charge in [-0.05, 0) is 44.2 Å². The summed E-state index contributed by atoms with van der Waals surface area (Å²) < 4.78 is 19.9. The maximum Gasteiger partial charge on any atom is 0.360 e. The summed E-state index contributed by atoms with van der Waals surface area (Å²) >= 11 is 5.93. The molecule has 1 aromatic heterocycles. The van der Waals surface area contributed by atoms with E-state index in [-0.39, 0.29) is 22.9 Å². The van der Waals surface area contributed by atoms with Crippen molar-refractivity contribution in [3.05, 3.63) is 81.0 Å². The normalized spacial score (nSPS) is 13.8. The van der Waals surface area contributed by atoms with Gasteiger partial charge in [-0.1, -0.05) is 29.3 Å². The number of halogens is 2. The van der Waals surface area contributed by atoms with Gasteiger partial charge in [0.2, 0.25) is 0 Å². The third-order valence-electron chi connectivity index (χ3n) is 5.55.